The van der Waals surface area contributed by atoms with Crippen molar-refractivity contribution in [1.82, 2.24) is 15.4 Å². The first-order chi connectivity index (χ1) is 12.5. The third-order valence-corrected chi connectivity index (χ3v) is 4.24. The number of aromatic nitrogens is 1. The van der Waals surface area contributed by atoms with Gasteiger partial charge in [-0.3, -0.25) is 14.9 Å². The van der Waals surface area contributed by atoms with Crippen LogP contribution in [0.25, 0.3) is 22.2 Å². The largest absolute Gasteiger partial charge is 0.474 e. The molecule has 0 radical (unpaired) electrons. The van der Waals surface area contributed by atoms with E-state index >= 15 is 0 Å². The Kier molecular flexibility index (Phi) is 5.16. The van der Waals surface area contributed by atoms with Crippen molar-refractivity contribution in [3.63, 3.8) is 0 Å². The van der Waals surface area contributed by atoms with Crippen LogP contribution in [0, 0.1) is 0 Å². The molecule has 3 aromatic rings. The Morgan fingerprint density at radius 1 is 1.12 bits per heavy atom. The molecule has 1 amide bonds. The number of hydroxylamine groups is 1. The molecule has 0 fully saturated rings. The number of amides is 1. The number of hydrogen-bond acceptors (Lipinski definition) is 5. The molecular weight excluding hydrogens is 330 g/mol. The fourth-order valence-corrected chi connectivity index (χ4v) is 2.65. The van der Waals surface area contributed by atoms with Gasteiger partial charge in [0.25, 0.3) is 5.91 Å². The summed E-state index contributed by atoms with van der Waals surface area (Å²) in [7, 11) is 3.77. The lowest BCUT2D eigenvalue weighted by Gasteiger charge is -2.24. The fourth-order valence-electron chi connectivity index (χ4n) is 2.65. The van der Waals surface area contributed by atoms with Gasteiger partial charge in [-0.05, 0) is 33.2 Å². The van der Waals surface area contributed by atoms with E-state index in [0.29, 0.717) is 22.3 Å². The van der Waals surface area contributed by atoms with Gasteiger partial charge in [0.15, 0.2) is 0 Å². The lowest BCUT2D eigenvalue weighted by molar-refractivity contribution is 0.0664. The number of pyridine rings is 1. The highest BCUT2D eigenvalue weighted by Crippen LogP contribution is 2.36. The highest BCUT2D eigenvalue weighted by atomic mass is 16.5. The minimum Gasteiger partial charge on any atom is -0.474 e. The van der Waals surface area contributed by atoms with Crippen LogP contribution in [0.4, 0.5) is 0 Å². The maximum absolute atomic E-state index is 12.5. The summed E-state index contributed by atoms with van der Waals surface area (Å²) in [4.78, 5) is 19.1. The van der Waals surface area contributed by atoms with Crippen LogP contribution in [-0.2, 0) is 0 Å². The molecule has 6 heteroatoms. The molecule has 0 saturated heterocycles. The molecule has 0 aliphatic rings. The van der Waals surface area contributed by atoms with E-state index in [-0.39, 0.29) is 11.8 Å². The normalized spacial score (nSPS) is 12.2. The van der Waals surface area contributed by atoms with Crippen LogP contribution in [0.3, 0.4) is 0 Å². The number of rotatable bonds is 5. The zero-order valence-corrected chi connectivity index (χ0v) is 14.9. The first kappa shape index (κ1) is 17.8. The highest BCUT2D eigenvalue weighted by Gasteiger charge is 2.25. The highest BCUT2D eigenvalue weighted by molar-refractivity contribution is 6.07. The van der Waals surface area contributed by atoms with Crippen LogP contribution in [0.1, 0.15) is 17.3 Å². The molecule has 0 bridgehead atoms. The SMILES string of the molecule is CC(Oc1c(C(=O)NO)c(-c2ccccc2)nc2ccccc12)N(C)C. The lowest BCUT2D eigenvalue weighted by Crippen LogP contribution is -2.31. The smallest absolute Gasteiger partial charge is 0.280 e. The molecule has 2 N–H and O–H groups in total. The van der Waals surface area contributed by atoms with Crippen LogP contribution < -0.4 is 10.2 Å². The summed E-state index contributed by atoms with van der Waals surface area (Å²) in [5.41, 5.74) is 3.86. The number of para-hydroxylation sites is 1. The predicted molar refractivity (Wildman–Crippen MR) is 100 cm³/mol. The van der Waals surface area contributed by atoms with Gasteiger partial charge >= 0.3 is 0 Å². The van der Waals surface area contributed by atoms with Gasteiger partial charge in [0.2, 0.25) is 0 Å². The number of hydrogen-bond donors (Lipinski definition) is 2. The molecule has 0 spiro atoms. The van der Waals surface area contributed by atoms with Crippen LogP contribution >= 0.6 is 0 Å². The van der Waals surface area contributed by atoms with Crippen molar-refractivity contribution in [2.24, 2.45) is 0 Å². The summed E-state index contributed by atoms with van der Waals surface area (Å²) in [6.07, 6.45) is -0.283. The number of benzene rings is 2. The summed E-state index contributed by atoms with van der Waals surface area (Å²) in [6.45, 7) is 1.89. The molecule has 0 aliphatic carbocycles. The Labute approximate surface area is 152 Å². The van der Waals surface area contributed by atoms with Gasteiger partial charge in [0, 0.05) is 10.9 Å². The number of nitrogens with zero attached hydrogens (tertiary/aromatic N) is 2. The van der Waals surface area contributed by atoms with Gasteiger partial charge in [0.05, 0.1) is 11.2 Å². The van der Waals surface area contributed by atoms with Crippen molar-refractivity contribution in [3.05, 3.63) is 60.2 Å². The molecule has 134 valence electrons. The van der Waals surface area contributed by atoms with Gasteiger partial charge in [-0.1, -0.05) is 42.5 Å². The van der Waals surface area contributed by atoms with Crippen molar-refractivity contribution >= 4 is 16.8 Å². The number of carbonyl (C=O) groups excluding carboxylic acids is 1. The maximum atomic E-state index is 12.5. The zero-order chi connectivity index (χ0) is 18.7. The molecule has 3 rings (SSSR count). The minimum atomic E-state index is -0.664. The van der Waals surface area contributed by atoms with Crippen molar-refractivity contribution in [2.45, 2.75) is 13.2 Å². The number of nitrogens with one attached hydrogen (secondary N) is 1. The van der Waals surface area contributed by atoms with Crippen molar-refractivity contribution in [3.8, 4) is 17.0 Å². The summed E-state index contributed by atoms with van der Waals surface area (Å²) >= 11 is 0. The quantitative estimate of drug-likeness (QED) is 0.419. The van der Waals surface area contributed by atoms with E-state index in [0.717, 1.165) is 5.56 Å². The minimum absolute atomic E-state index is 0.200. The Bertz CT molecular complexity index is 926. The Morgan fingerprint density at radius 3 is 2.42 bits per heavy atom. The second-order valence-corrected chi connectivity index (χ2v) is 6.17. The van der Waals surface area contributed by atoms with E-state index in [9.17, 15) is 10.0 Å². The van der Waals surface area contributed by atoms with E-state index in [1.165, 1.54) is 0 Å². The molecular formula is C20H21N3O3. The van der Waals surface area contributed by atoms with E-state index in [1.807, 2.05) is 80.5 Å². The van der Waals surface area contributed by atoms with Crippen LogP contribution in [0.2, 0.25) is 0 Å². The number of fused-ring (bicyclic) bond motifs is 1. The topological polar surface area (TPSA) is 74.7 Å². The maximum Gasteiger partial charge on any atom is 0.280 e. The van der Waals surface area contributed by atoms with Gasteiger partial charge in [-0.25, -0.2) is 10.5 Å². The average Bonchev–Trinajstić information content (AvgIpc) is 2.67. The van der Waals surface area contributed by atoms with Crippen molar-refractivity contribution < 1.29 is 14.7 Å². The number of carbonyl (C=O) groups is 1. The molecule has 6 nitrogen and oxygen atoms in total. The molecule has 0 saturated carbocycles. The molecule has 26 heavy (non-hydrogen) atoms. The first-order valence-corrected chi connectivity index (χ1v) is 8.28. The number of ether oxygens (including phenoxy) is 1. The molecule has 1 atom stereocenters. The molecule has 1 unspecified atom stereocenters. The lowest BCUT2D eigenvalue weighted by atomic mass is 10.0. The van der Waals surface area contributed by atoms with Crippen LogP contribution in [0.15, 0.2) is 54.6 Å². The summed E-state index contributed by atoms with van der Waals surface area (Å²) < 4.78 is 6.12. The van der Waals surface area contributed by atoms with Gasteiger partial charge < -0.3 is 4.74 Å². The molecule has 1 aromatic heterocycles. The van der Waals surface area contributed by atoms with Crippen molar-refractivity contribution in [1.29, 1.82) is 0 Å². The standard InChI is InChI=1S/C20H21N3O3/c1-13(23(2)3)26-19-15-11-7-8-12-16(15)21-18(17(19)20(24)22-25)14-9-5-4-6-10-14/h4-13,25H,1-3H3,(H,22,24). The van der Waals surface area contributed by atoms with Gasteiger partial charge in [0.1, 0.15) is 17.5 Å². The fraction of sp³-hybridized carbons (Fsp3) is 0.200. The Morgan fingerprint density at radius 2 is 1.77 bits per heavy atom. The van der Waals surface area contributed by atoms with Gasteiger partial charge in [-0.2, -0.15) is 0 Å². The van der Waals surface area contributed by atoms with E-state index in [1.54, 1.807) is 5.48 Å². The predicted octanol–water partition coefficient (Wildman–Crippen LogP) is 3.31. The average molecular weight is 351 g/mol. The third kappa shape index (κ3) is 3.37. The zero-order valence-electron chi connectivity index (χ0n) is 14.9. The summed E-state index contributed by atoms with van der Waals surface area (Å²) in [5, 5.41) is 10.0. The third-order valence-electron chi connectivity index (χ3n) is 4.24. The van der Waals surface area contributed by atoms with E-state index in [2.05, 4.69) is 4.98 Å². The van der Waals surface area contributed by atoms with Crippen LogP contribution in [-0.4, -0.2) is 41.3 Å². The Balaban J connectivity index is 2.34. The van der Waals surface area contributed by atoms with Crippen LogP contribution in [0.5, 0.6) is 5.75 Å². The monoisotopic (exact) mass is 351 g/mol. The molecule has 0 aliphatic heterocycles. The van der Waals surface area contributed by atoms with E-state index in [4.69, 9.17) is 4.74 Å². The molecule has 1 heterocycles. The van der Waals surface area contributed by atoms with E-state index < -0.39 is 5.91 Å². The second kappa shape index (κ2) is 7.51. The Hall–Kier alpha value is -2.96. The first-order valence-electron chi connectivity index (χ1n) is 8.28. The van der Waals surface area contributed by atoms with Gasteiger partial charge in [-0.15, -0.1) is 0 Å². The second-order valence-electron chi connectivity index (χ2n) is 6.17. The van der Waals surface area contributed by atoms with Crippen molar-refractivity contribution in [2.75, 3.05) is 14.1 Å². The summed E-state index contributed by atoms with van der Waals surface area (Å²) in [5.74, 6) is -0.273. The molecule has 2 aromatic carbocycles. The summed E-state index contributed by atoms with van der Waals surface area (Å²) in [6, 6.07) is 16.8.